The molecule has 0 bridgehead atoms. The summed E-state index contributed by atoms with van der Waals surface area (Å²) in [6.07, 6.45) is 3.02. The number of aliphatic imine (C=N–C) groups is 1. The molecule has 2 rings (SSSR count). The van der Waals surface area contributed by atoms with Gasteiger partial charge in [-0.1, -0.05) is 0 Å². The Kier molecular flexibility index (Phi) is 1.22. The van der Waals surface area contributed by atoms with Crippen molar-refractivity contribution in [1.29, 1.82) is 5.41 Å². The molecule has 10 heavy (non-hydrogen) atoms. The quantitative estimate of drug-likeness (QED) is 0.528. The van der Waals surface area contributed by atoms with E-state index < -0.39 is 0 Å². The summed E-state index contributed by atoms with van der Waals surface area (Å²) in [6, 6.07) is 0. The Bertz CT molecular complexity index is 195. The van der Waals surface area contributed by atoms with Crippen molar-refractivity contribution in [3.8, 4) is 0 Å². The van der Waals surface area contributed by atoms with E-state index in [4.69, 9.17) is 5.41 Å². The number of nitrogens with zero attached hydrogens (tertiary/aromatic N) is 2. The first-order valence-electron chi connectivity index (χ1n) is 3.76. The van der Waals surface area contributed by atoms with Crippen molar-refractivity contribution in [2.75, 3.05) is 13.1 Å². The van der Waals surface area contributed by atoms with Crippen LogP contribution in [-0.2, 0) is 0 Å². The molecule has 1 fully saturated rings. The van der Waals surface area contributed by atoms with Crippen LogP contribution >= 0.6 is 0 Å². The summed E-state index contributed by atoms with van der Waals surface area (Å²) in [4.78, 5) is 6.39. The SMILES string of the molecule is N=C1CCC2=NCCCN12. The first-order chi connectivity index (χ1) is 4.88. The van der Waals surface area contributed by atoms with E-state index in [1.54, 1.807) is 0 Å². The van der Waals surface area contributed by atoms with E-state index in [1.807, 2.05) is 4.90 Å². The average Bonchev–Trinajstić information content (AvgIpc) is 2.34. The van der Waals surface area contributed by atoms with Crippen molar-refractivity contribution in [3.05, 3.63) is 0 Å². The van der Waals surface area contributed by atoms with Gasteiger partial charge in [0.1, 0.15) is 11.7 Å². The highest BCUT2D eigenvalue weighted by Crippen LogP contribution is 2.16. The molecule has 0 aromatic rings. The number of nitrogens with one attached hydrogen (secondary N) is 1. The average molecular weight is 137 g/mol. The highest BCUT2D eigenvalue weighted by atomic mass is 15.3. The Morgan fingerprint density at radius 3 is 3.10 bits per heavy atom. The summed E-state index contributed by atoms with van der Waals surface area (Å²) in [7, 11) is 0. The summed E-state index contributed by atoms with van der Waals surface area (Å²) in [5.74, 6) is 1.91. The molecule has 54 valence electrons. The Morgan fingerprint density at radius 2 is 2.30 bits per heavy atom. The Balaban J connectivity index is 2.25. The molecule has 0 aromatic heterocycles. The molecule has 0 aliphatic carbocycles. The van der Waals surface area contributed by atoms with Crippen LogP contribution in [0.1, 0.15) is 19.3 Å². The maximum absolute atomic E-state index is 7.52. The van der Waals surface area contributed by atoms with Gasteiger partial charge >= 0.3 is 0 Å². The van der Waals surface area contributed by atoms with Crippen LogP contribution in [0.15, 0.2) is 4.99 Å². The highest BCUT2D eigenvalue weighted by Gasteiger charge is 2.25. The molecular formula is C7H11N3. The third-order valence-corrected chi connectivity index (χ3v) is 2.06. The van der Waals surface area contributed by atoms with Gasteiger partial charge in [0.15, 0.2) is 0 Å². The van der Waals surface area contributed by atoms with Crippen LogP contribution in [-0.4, -0.2) is 29.7 Å². The van der Waals surface area contributed by atoms with Gasteiger partial charge in [0, 0.05) is 25.9 Å². The molecule has 0 saturated carbocycles. The molecule has 1 N–H and O–H groups in total. The monoisotopic (exact) mass is 137 g/mol. The molecule has 3 nitrogen and oxygen atoms in total. The zero-order chi connectivity index (χ0) is 6.97. The lowest BCUT2D eigenvalue weighted by atomic mass is 10.3. The fourth-order valence-corrected chi connectivity index (χ4v) is 1.52. The Labute approximate surface area is 60.3 Å². The molecule has 0 unspecified atom stereocenters. The molecule has 2 aliphatic rings. The smallest absolute Gasteiger partial charge is 0.105 e. The fourth-order valence-electron chi connectivity index (χ4n) is 1.52. The summed E-state index contributed by atoms with van der Waals surface area (Å²) in [5, 5.41) is 7.52. The number of rotatable bonds is 0. The zero-order valence-corrected chi connectivity index (χ0v) is 5.93. The molecule has 0 radical (unpaired) electrons. The molecule has 0 aromatic carbocycles. The normalized spacial score (nSPS) is 24.6. The third-order valence-electron chi connectivity index (χ3n) is 2.06. The molecule has 0 amide bonds. The molecular weight excluding hydrogens is 126 g/mol. The van der Waals surface area contributed by atoms with Crippen LogP contribution < -0.4 is 0 Å². The van der Waals surface area contributed by atoms with Crippen LogP contribution in [0, 0.1) is 5.41 Å². The minimum atomic E-state index is 0.762. The number of fused-ring (bicyclic) bond motifs is 1. The lowest BCUT2D eigenvalue weighted by Crippen LogP contribution is -2.33. The number of hydrogen-bond acceptors (Lipinski definition) is 2. The van der Waals surface area contributed by atoms with E-state index in [0.29, 0.717) is 0 Å². The zero-order valence-electron chi connectivity index (χ0n) is 5.93. The minimum absolute atomic E-state index is 0.762. The van der Waals surface area contributed by atoms with Gasteiger partial charge in [0.2, 0.25) is 0 Å². The van der Waals surface area contributed by atoms with Gasteiger partial charge in [0.25, 0.3) is 0 Å². The second kappa shape index (κ2) is 2.08. The third kappa shape index (κ3) is 0.735. The Morgan fingerprint density at radius 1 is 1.40 bits per heavy atom. The van der Waals surface area contributed by atoms with Gasteiger partial charge in [-0.25, -0.2) is 0 Å². The van der Waals surface area contributed by atoms with E-state index in [1.165, 1.54) is 0 Å². The topological polar surface area (TPSA) is 39.5 Å². The van der Waals surface area contributed by atoms with Crippen molar-refractivity contribution in [1.82, 2.24) is 4.90 Å². The van der Waals surface area contributed by atoms with Gasteiger partial charge in [-0.2, -0.15) is 0 Å². The van der Waals surface area contributed by atoms with Crippen molar-refractivity contribution < 1.29 is 0 Å². The molecule has 2 heterocycles. The van der Waals surface area contributed by atoms with E-state index in [9.17, 15) is 0 Å². The molecule has 0 atom stereocenters. The summed E-state index contributed by atoms with van der Waals surface area (Å²) in [6.45, 7) is 2.00. The van der Waals surface area contributed by atoms with Crippen molar-refractivity contribution in [3.63, 3.8) is 0 Å². The minimum Gasteiger partial charge on any atom is -0.319 e. The van der Waals surface area contributed by atoms with Gasteiger partial charge in [0.05, 0.1) is 0 Å². The lowest BCUT2D eigenvalue weighted by molar-refractivity contribution is 0.552. The van der Waals surface area contributed by atoms with Crippen molar-refractivity contribution in [2.24, 2.45) is 4.99 Å². The second-order valence-electron chi connectivity index (χ2n) is 2.75. The molecule has 2 aliphatic heterocycles. The Hall–Kier alpha value is -0.860. The van der Waals surface area contributed by atoms with Gasteiger partial charge in [-0.3, -0.25) is 10.4 Å². The van der Waals surface area contributed by atoms with Crippen LogP contribution in [0.25, 0.3) is 0 Å². The van der Waals surface area contributed by atoms with Gasteiger partial charge < -0.3 is 4.90 Å². The highest BCUT2D eigenvalue weighted by molar-refractivity contribution is 6.06. The molecule has 1 saturated heterocycles. The summed E-state index contributed by atoms with van der Waals surface area (Å²) >= 11 is 0. The van der Waals surface area contributed by atoms with Crippen molar-refractivity contribution in [2.45, 2.75) is 19.3 Å². The van der Waals surface area contributed by atoms with E-state index in [2.05, 4.69) is 4.99 Å². The van der Waals surface area contributed by atoms with Gasteiger partial charge in [-0.15, -0.1) is 0 Å². The van der Waals surface area contributed by atoms with E-state index in [0.717, 1.165) is 44.0 Å². The van der Waals surface area contributed by atoms with Crippen LogP contribution in [0.3, 0.4) is 0 Å². The molecule has 0 spiro atoms. The van der Waals surface area contributed by atoms with E-state index >= 15 is 0 Å². The second-order valence-corrected chi connectivity index (χ2v) is 2.75. The lowest BCUT2D eigenvalue weighted by Gasteiger charge is -2.21. The number of hydrogen-bond donors (Lipinski definition) is 1. The maximum Gasteiger partial charge on any atom is 0.105 e. The number of amidine groups is 2. The summed E-state index contributed by atoms with van der Waals surface area (Å²) in [5.41, 5.74) is 0. The first kappa shape index (κ1) is 5.89. The largest absolute Gasteiger partial charge is 0.319 e. The van der Waals surface area contributed by atoms with Crippen LogP contribution in [0.5, 0.6) is 0 Å². The van der Waals surface area contributed by atoms with Gasteiger partial charge in [-0.05, 0) is 6.42 Å². The molecule has 3 heteroatoms. The predicted molar refractivity (Wildman–Crippen MR) is 40.6 cm³/mol. The van der Waals surface area contributed by atoms with E-state index in [-0.39, 0.29) is 0 Å². The maximum atomic E-state index is 7.52. The standard InChI is InChI=1S/C7H11N3/c8-6-2-3-7-9-4-1-5-10(6)7/h8H,1-5H2. The first-order valence-corrected chi connectivity index (χ1v) is 3.76. The fraction of sp³-hybridized carbons (Fsp3) is 0.714. The van der Waals surface area contributed by atoms with Crippen molar-refractivity contribution >= 4 is 11.7 Å². The summed E-state index contributed by atoms with van der Waals surface area (Å²) < 4.78 is 0. The predicted octanol–water partition coefficient (Wildman–Crippen LogP) is 0.862. The van der Waals surface area contributed by atoms with Crippen LogP contribution in [0.2, 0.25) is 0 Å². The van der Waals surface area contributed by atoms with Crippen LogP contribution in [0.4, 0.5) is 0 Å².